The zero-order valence-corrected chi connectivity index (χ0v) is 16.2. The van der Waals surface area contributed by atoms with E-state index in [2.05, 4.69) is 5.32 Å². The fraction of sp³-hybridized carbons (Fsp3) is 0. The van der Waals surface area contributed by atoms with E-state index in [9.17, 15) is 0 Å². The molecule has 0 aliphatic carbocycles. The molecule has 0 fully saturated rings. The number of aromatic nitrogens is 2. The average molecular weight is 389 g/mol. The van der Waals surface area contributed by atoms with Crippen molar-refractivity contribution in [1.29, 1.82) is 0 Å². The van der Waals surface area contributed by atoms with Crippen molar-refractivity contribution in [3.8, 4) is 22.9 Å². The number of hydrogen-bond donors (Lipinski definition) is 1. The van der Waals surface area contributed by atoms with Crippen molar-refractivity contribution in [1.82, 2.24) is 9.97 Å². The Balaban J connectivity index is 1.46. The summed E-state index contributed by atoms with van der Waals surface area (Å²) in [6.45, 7) is 0. The number of fused-ring (bicyclic) bond motifs is 1. The van der Waals surface area contributed by atoms with Gasteiger partial charge >= 0.3 is 0 Å². The average Bonchev–Trinajstić information content (AvgIpc) is 2.81. The second-order valence-electron chi connectivity index (χ2n) is 6.84. The Hall–Kier alpha value is -4.18. The van der Waals surface area contributed by atoms with Gasteiger partial charge in [-0.3, -0.25) is 0 Å². The number of para-hydroxylation sites is 2. The van der Waals surface area contributed by atoms with E-state index in [1.165, 1.54) is 0 Å². The number of hydrogen-bond acceptors (Lipinski definition) is 4. The third-order valence-corrected chi connectivity index (χ3v) is 4.73. The largest absolute Gasteiger partial charge is 0.457 e. The molecule has 4 heteroatoms. The van der Waals surface area contributed by atoms with E-state index < -0.39 is 0 Å². The second-order valence-corrected chi connectivity index (χ2v) is 6.84. The van der Waals surface area contributed by atoms with Gasteiger partial charge in [0, 0.05) is 16.6 Å². The van der Waals surface area contributed by atoms with Gasteiger partial charge in [0.15, 0.2) is 5.82 Å². The molecule has 144 valence electrons. The summed E-state index contributed by atoms with van der Waals surface area (Å²) in [6, 6.07) is 35.6. The highest BCUT2D eigenvalue weighted by Crippen LogP contribution is 2.29. The van der Waals surface area contributed by atoms with E-state index in [0.717, 1.165) is 39.5 Å². The van der Waals surface area contributed by atoms with Crippen molar-refractivity contribution in [3.05, 3.63) is 109 Å². The highest BCUT2D eigenvalue weighted by atomic mass is 16.5. The number of anilines is 2. The minimum absolute atomic E-state index is 0.695. The molecule has 5 rings (SSSR count). The summed E-state index contributed by atoms with van der Waals surface area (Å²) in [4.78, 5) is 9.54. The molecular formula is C26H19N3O. The SMILES string of the molecule is c1ccc(Oc2ccc(Nc3nc(-c4ccccc4)nc4ccccc34)cc2)cc1. The third kappa shape index (κ3) is 3.84. The molecule has 0 atom stereocenters. The van der Waals surface area contributed by atoms with Crippen LogP contribution in [0.5, 0.6) is 11.5 Å². The zero-order valence-electron chi connectivity index (χ0n) is 16.2. The van der Waals surface area contributed by atoms with Gasteiger partial charge in [-0.15, -0.1) is 0 Å². The Bertz CT molecular complexity index is 1270. The predicted molar refractivity (Wildman–Crippen MR) is 121 cm³/mol. The summed E-state index contributed by atoms with van der Waals surface area (Å²) in [6.07, 6.45) is 0. The molecule has 0 amide bonds. The molecule has 5 aromatic rings. The Morgan fingerprint density at radius 2 is 1.20 bits per heavy atom. The standard InChI is InChI=1S/C26H19N3O/c1-3-9-19(10-4-1)25-28-24-14-8-7-13-23(24)26(29-25)27-20-15-17-22(18-16-20)30-21-11-5-2-6-12-21/h1-18H,(H,27,28,29). The summed E-state index contributed by atoms with van der Waals surface area (Å²) < 4.78 is 5.88. The quantitative estimate of drug-likeness (QED) is 0.358. The van der Waals surface area contributed by atoms with E-state index in [-0.39, 0.29) is 0 Å². The van der Waals surface area contributed by atoms with Gasteiger partial charge in [0.2, 0.25) is 0 Å². The van der Waals surface area contributed by atoms with Crippen LogP contribution in [-0.4, -0.2) is 9.97 Å². The molecule has 0 aliphatic heterocycles. The minimum atomic E-state index is 0.695. The first-order chi connectivity index (χ1) is 14.8. The van der Waals surface area contributed by atoms with E-state index in [1.54, 1.807) is 0 Å². The van der Waals surface area contributed by atoms with E-state index in [4.69, 9.17) is 14.7 Å². The second kappa shape index (κ2) is 8.05. The molecule has 0 saturated carbocycles. The lowest BCUT2D eigenvalue weighted by Crippen LogP contribution is -1.99. The Morgan fingerprint density at radius 3 is 1.97 bits per heavy atom. The Kier molecular flexibility index (Phi) is 4.80. The normalized spacial score (nSPS) is 10.7. The van der Waals surface area contributed by atoms with Gasteiger partial charge < -0.3 is 10.1 Å². The zero-order chi connectivity index (χ0) is 20.2. The summed E-state index contributed by atoms with van der Waals surface area (Å²) in [5, 5.41) is 4.42. The molecule has 30 heavy (non-hydrogen) atoms. The highest BCUT2D eigenvalue weighted by Gasteiger charge is 2.09. The number of rotatable bonds is 5. The van der Waals surface area contributed by atoms with Crippen molar-refractivity contribution in [2.75, 3.05) is 5.32 Å². The molecule has 0 aliphatic rings. The van der Waals surface area contributed by atoms with Gasteiger partial charge in [0.05, 0.1) is 5.52 Å². The summed E-state index contributed by atoms with van der Waals surface area (Å²) in [5.41, 5.74) is 2.81. The van der Waals surface area contributed by atoms with Crippen LogP contribution in [-0.2, 0) is 0 Å². The smallest absolute Gasteiger partial charge is 0.162 e. The van der Waals surface area contributed by atoms with Crippen LogP contribution in [0.4, 0.5) is 11.5 Å². The Morgan fingerprint density at radius 1 is 0.567 bits per heavy atom. The van der Waals surface area contributed by atoms with Crippen molar-refractivity contribution >= 4 is 22.4 Å². The van der Waals surface area contributed by atoms with Crippen molar-refractivity contribution in [2.45, 2.75) is 0 Å². The number of ether oxygens (including phenoxy) is 1. The van der Waals surface area contributed by atoms with Gasteiger partial charge in [-0.2, -0.15) is 0 Å². The number of nitrogens with one attached hydrogen (secondary N) is 1. The van der Waals surface area contributed by atoms with Crippen molar-refractivity contribution in [3.63, 3.8) is 0 Å². The fourth-order valence-corrected chi connectivity index (χ4v) is 3.26. The fourth-order valence-electron chi connectivity index (χ4n) is 3.26. The number of nitrogens with zero attached hydrogens (tertiary/aromatic N) is 2. The van der Waals surface area contributed by atoms with Gasteiger partial charge in [-0.25, -0.2) is 9.97 Å². The van der Waals surface area contributed by atoms with Gasteiger partial charge in [-0.1, -0.05) is 60.7 Å². The van der Waals surface area contributed by atoms with E-state index in [1.807, 2.05) is 109 Å². The first kappa shape index (κ1) is 17.9. The summed E-state index contributed by atoms with van der Waals surface area (Å²) >= 11 is 0. The van der Waals surface area contributed by atoms with Crippen LogP contribution in [0.1, 0.15) is 0 Å². The van der Waals surface area contributed by atoms with E-state index in [0.29, 0.717) is 5.82 Å². The van der Waals surface area contributed by atoms with Crippen LogP contribution in [0.25, 0.3) is 22.3 Å². The lowest BCUT2D eigenvalue weighted by atomic mass is 10.2. The van der Waals surface area contributed by atoms with Crippen LogP contribution >= 0.6 is 0 Å². The lowest BCUT2D eigenvalue weighted by molar-refractivity contribution is 0.483. The molecule has 4 aromatic carbocycles. The molecule has 1 aromatic heterocycles. The Labute approximate surface area is 174 Å². The van der Waals surface area contributed by atoms with Gasteiger partial charge in [0.1, 0.15) is 17.3 Å². The topological polar surface area (TPSA) is 47.0 Å². The maximum absolute atomic E-state index is 5.88. The van der Waals surface area contributed by atoms with Crippen LogP contribution < -0.4 is 10.1 Å². The molecule has 0 spiro atoms. The minimum Gasteiger partial charge on any atom is -0.457 e. The van der Waals surface area contributed by atoms with Crippen LogP contribution in [0.15, 0.2) is 109 Å². The lowest BCUT2D eigenvalue weighted by Gasteiger charge is -2.12. The monoisotopic (exact) mass is 389 g/mol. The molecule has 0 bridgehead atoms. The predicted octanol–water partition coefficient (Wildman–Crippen LogP) is 6.83. The van der Waals surface area contributed by atoms with Crippen molar-refractivity contribution < 1.29 is 4.74 Å². The molecular weight excluding hydrogens is 370 g/mol. The maximum atomic E-state index is 5.88. The third-order valence-electron chi connectivity index (χ3n) is 4.73. The first-order valence-corrected chi connectivity index (χ1v) is 9.77. The van der Waals surface area contributed by atoms with Gasteiger partial charge in [0.25, 0.3) is 0 Å². The van der Waals surface area contributed by atoms with E-state index >= 15 is 0 Å². The van der Waals surface area contributed by atoms with Crippen LogP contribution in [0.3, 0.4) is 0 Å². The maximum Gasteiger partial charge on any atom is 0.162 e. The first-order valence-electron chi connectivity index (χ1n) is 9.77. The molecule has 0 unspecified atom stereocenters. The molecule has 0 saturated heterocycles. The number of benzene rings is 4. The highest BCUT2D eigenvalue weighted by molar-refractivity contribution is 5.92. The molecule has 1 heterocycles. The van der Waals surface area contributed by atoms with Gasteiger partial charge in [-0.05, 0) is 48.5 Å². The molecule has 1 N–H and O–H groups in total. The molecule has 4 nitrogen and oxygen atoms in total. The van der Waals surface area contributed by atoms with Crippen LogP contribution in [0, 0.1) is 0 Å². The van der Waals surface area contributed by atoms with Crippen molar-refractivity contribution in [2.24, 2.45) is 0 Å². The molecule has 0 radical (unpaired) electrons. The van der Waals surface area contributed by atoms with Crippen LogP contribution in [0.2, 0.25) is 0 Å². The summed E-state index contributed by atoms with van der Waals surface area (Å²) in [7, 11) is 0. The summed E-state index contributed by atoms with van der Waals surface area (Å²) in [5.74, 6) is 3.06.